The SMILES string of the molecule is c1ccc(CNc2ccc(-n3ccnc3)nc2)nc1. The van der Waals surface area contributed by atoms with Crippen LogP contribution in [0.15, 0.2) is 61.4 Å². The molecule has 0 aliphatic heterocycles. The molecular weight excluding hydrogens is 238 g/mol. The number of rotatable bonds is 4. The summed E-state index contributed by atoms with van der Waals surface area (Å²) in [6.07, 6.45) is 8.91. The highest BCUT2D eigenvalue weighted by atomic mass is 15.1. The molecule has 5 nitrogen and oxygen atoms in total. The van der Waals surface area contributed by atoms with Gasteiger partial charge in [-0.1, -0.05) is 6.07 Å². The lowest BCUT2D eigenvalue weighted by Gasteiger charge is -2.06. The summed E-state index contributed by atoms with van der Waals surface area (Å²) in [6, 6.07) is 9.81. The van der Waals surface area contributed by atoms with Gasteiger partial charge in [0.15, 0.2) is 0 Å². The third kappa shape index (κ3) is 2.77. The standard InChI is InChI=1S/C14H13N5/c1-2-6-16-12(3-1)9-17-13-4-5-14(18-10-13)19-8-7-15-11-19/h1-8,10-11,17H,9H2. The van der Waals surface area contributed by atoms with Crippen molar-refractivity contribution in [1.82, 2.24) is 19.5 Å². The van der Waals surface area contributed by atoms with Crippen molar-refractivity contribution in [3.8, 4) is 5.82 Å². The molecule has 0 aromatic carbocycles. The third-order valence-electron chi connectivity index (χ3n) is 2.72. The van der Waals surface area contributed by atoms with Crippen molar-refractivity contribution >= 4 is 5.69 Å². The van der Waals surface area contributed by atoms with E-state index in [4.69, 9.17) is 0 Å². The van der Waals surface area contributed by atoms with Gasteiger partial charge in [-0.05, 0) is 24.3 Å². The van der Waals surface area contributed by atoms with Crippen LogP contribution in [0.3, 0.4) is 0 Å². The van der Waals surface area contributed by atoms with Gasteiger partial charge in [-0.2, -0.15) is 0 Å². The van der Waals surface area contributed by atoms with Crippen LogP contribution in [0.25, 0.3) is 5.82 Å². The summed E-state index contributed by atoms with van der Waals surface area (Å²) >= 11 is 0. The largest absolute Gasteiger partial charge is 0.378 e. The molecule has 3 heterocycles. The van der Waals surface area contributed by atoms with Crippen LogP contribution in [-0.2, 0) is 6.54 Å². The van der Waals surface area contributed by atoms with Gasteiger partial charge in [-0.3, -0.25) is 9.55 Å². The maximum absolute atomic E-state index is 4.37. The highest BCUT2D eigenvalue weighted by Crippen LogP contribution is 2.10. The molecule has 0 amide bonds. The highest BCUT2D eigenvalue weighted by Gasteiger charge is 1.98. The van der Waals surface area contributed by atoms with Gasteiger partial charge in [0.25, 0.3) is 0 Å². The Morgan fingerprint density at radius 2 is 2.05 bits per heavy atom. The van der Waals surface area contributed by atoms with E-state index in [9.17, 15) is 0 Å². The van der Waals surface area contributed by atoms with E-state index in [2.05, 4.69) is 20.3 Å². The lowest BCUT2D eigenvalue weighted by atomic mass is 10.3. The molecule has 0 unspecified atom stereocenters. The molecular formula is C14H13N5. The first-order valence-electron chi connectivity index (χ1n) is 6.00. The van der Waals surface area contributed by atoms with Crippen LogP contribution in [0.5, 0.6) is 0 Å². The fraction of sp³-hybridized carbons (Fsp3) is 0.0714. The summed E-state index contributed by atoms with van der Waals surface area (Å²) in [6.45, 7) is 0.687. The first-order valence-corrected chi connectivity index (χ1v) is 6.00. The quantitative estimate of drug-likeness (QED) is 0.773. The summed E-state index contributed by atoms with van der Waals surface area (Å²) < 4.78 is 1.86. The normalized spacial score (nSPS) is 10.3. The van der Waals surface area contributed by atoms with Gasteiger partial charge in [-0.15, -0.1) is 0 Å². The average molecular weight is 251 g/mol. The van der Waals surface area contributed by atoms with Crippen LogP contribution >= 0.6 is 0 Å². The highest BCUT2D eigenvalue weighted by molar-refractivity contribution is 5.43. The Balaban J connectivity index is 1.67. The van der Waals surface area contributed by atoms with E-state index in [1.54, 1.807) is 24.9 Å². The number of hydrogen-bond donors (Lipinski definition) is 1. The Kier molecular flexibility index (Phi) is 3.18. The minimum absolute atomic E-state index is 0.687. The number of aromatic nitrogens is 4. The topological polar surface area (TPSA) is 55.6 Å². The molecule has 0 atom stereocenters. The molecule has 0 aliphatic carbocycles. The number of imidazole rings is 1. The maximum Gasteiger partial charge on any atom is 0.137 e. The summed E-state index contributed by atoms with van der Waals surface area (Å²) in [4.78, 5) is 12.6. The van der Waals surface area contributed by atoms with E-state index < -0.39 is 0 Å². The number of hydrogen-bond acceptors (Lipinski definition) is 4. The first-order chi connectivity index (χ1) is 9.42. The zero-order valence-electron chi connectivity index (χ0n) is 10.3. The van der Waals surface area contributed by atoms with Crippen LogP contribution in [0.2, 0.25) is 0 Å². The zero-order chi connectivity index (χ0) is 12.9. The Bertz CT molecular complexity index is 617. The van der Waals surface area contributed by atoms with E-state index in [-0.39, 0.29) is 0 Å². The molecule has 5 heteroatoms. The van der Waals surface area contributed by atoms with E-state index in [0.29, 0.717) is 6.54 Å². The van der Waals surface area contributed by atoms with Gasteiger partial charge >= 0.3 is 0 Å². The van der Waals surface area contributed by atoms with Crippen molar-refractivity contribution < 1.29 is 0 Å². The molecule has 3 rings (SSSR count). The van der Waals surface area contributed by atoms with Crippen LogP contribution in [0.4, 0.5) is 5.69 Å². The monoisotopic (exact) mass is 251 g/mol. The van der Waals surface area contributed by atoms with Gasteiger partial charge in [0.2, 0.25) is 0 Å². The summed E-state index contributed by atoms with van der Waals surface area (Å²) in [5, 5.41) is 3.28. The number of anilines is 1. The van der Waals surface area contributed by atoms with Crippen LogP contribution in [-0.4, -0.2) is 19.5 Å². The van der Waals surface area contributed by atoms with Crippen molar-refractivity contribution in [3.05, 3.63) is 67.1 Å². The molecule has 0 aliphatic rings. The van der Waals surface area contributed by atoms with Gasteiger partial charge in [0, 0.05) is 18.6 Å². The average Bonchev–Trinajstić information content (AvgIpc) is 3.01. The first kappa shape index (κ1) is 11.4. The molecule has 0 saturated heterocycles. The molecule has 0 saturated carbocycles. The second-order valence-electron chi connectivity index (χ2n) is 4.05. The summed E-state index contributed by atoms with van der Waals surface area (Å²) in [7, 11) is 0. The Morgan fingerprint density at radius 3 is 2.74 bits per heavy atom. The molecule has 3 aromatic heterocycles. The van der Waals surface area contributed by atoms with Gasteiger partial charge in [0.1, 0.15) is 12.1 Å². The second kappa shape index (κ2) is 5.30. The van der Waals surface area contributed by atoms with Crippen molar-refractivity contribution in [2.45, 2.75) is 6.54 Å². The van der Waals surface area contributed by atoms with E-state index in [0.717, 1.165) is 17.2 Å². The van der Waals surface area contributed by atoms with Gasteiger partial charge in [-0.25, -0.2) is 9.97 Å². The minimum Gasteiger partial charge on any atom is -0.378 e. The second-order valence-corrected chi connectivity index (χ2v) is 4.05. The lowest BCUT2D eigenvalue weighted by Crippen LogP contribution is -2.02. The zero-order valence-corrected chi connectivity index (χ0v) is 10.3. The van der Waals surface area contributed by atoms with Crippen molar-refractivity contribution in [1.29, 1.82) is 0 Å². The van der Waals surface area contributed by atoms with Crippen molar-refractivity contribution in [2.75, 3.05) is 5.32 Å². The molecule has 1 N–H and O–H groups in total. The molecule has 3 aromatic rings. The third-order valence-corrected chi connectivity index (χ3v) is 2.72. The van der Waals surface area contributed by atoms with E-state index >= 15 is 0 Å². The molecule has 19 heavy (non-hydrogen) atoms. The molecule has 0 spiro atoms. The Labute approximate surface area is 111 Å². The Hall–Kier alpha value is -2.69. The van der Waals surface area contributed by atoms with Crippen LogP contribution < -0.4 is 5.32 Å². The Morgan fingerprint density at radius 1 is 1.05 bits per heavy atom. The van der Waals surface area contributed by atoms with Crippen molar-refractivity contribution in [3.63, 3.8) is 0 Å². The van der Waals surface area contributed by atoms with Gasteiger partial charge < -0.3 is 5.32 Å². The molecule has 0 bridgehead atoms. The fourth-order valence-corrected chi connectivity index (χ4v) is 1.73. The summed E-state index contributed by atoms with van der Waals surface area (Å²) in [5.74, 6) is 0.848. The number of pyridine rings is 2. The maximum atomic E-state index is 4.37. The fourth-order valence-electron chi connectivity index (χ4n) is 1.73. The van der Waals surface area contributed by atoms with Crippen LogP contribution in [0.1, 0.15) is 5.69 Å². The summed E-state index contributed by atoms with van der Waals surface area (Å²) in [5.41, 5.74) is 1.97. The number of nitrogens with one attached hydrogen (secondary N) is 1. The predicted molar refractivity (Wildman–Crippen MR) is 72.9 cm³/mol. The van der Waals surface area contributed by atoms with E-state index in [1.165, 1.54) is 0 Å². The molecule has 94 valence electrons. The van der Waals surface area contributed by atoms with Crippen molar-refractivity contribution in [2.24, 2.45) is 0 Å². The van der Waals surface area contributed by atoms with E-state index in [1.807, 2.05) is 41.1 Å². The minimum atomic E-state index is 0.687. The van der Waals surface area contributed by atoms with Crippen LogP contribution in [0, 0.1) is 0 Å². The molecule has 0 radical (unpaired) electrons. The number of nitrogens with zero attached hydrogens (tertiary/aromatic N) is 4. The van der Waals surface area contributed by atoms with Gasteiger partial charge in [0.05, 0.1) is 24.1 Å². The smallest absolute Gasteiger partial charge is 0.137 e. The predicted octanol–water partition coefficient (Wildman–Crippen LogP) is 2.27. The lowest BCUT2D eigenvalue weighted by molar-refractivity contribution is 0.987. The molecule has 0 fully saturated rings.